The Balaban J connectivity index is 1.33. The summed E-state index contributed by atoms with van der Waals surface area (Å²) < 4.78 is 11.2. The number of furan rings is 1. The zero-order chi connectivity index (χ0) is 32.1. The molecule has 4 nitrogen and oxygen atoms in total. The van der Waals surface area contributed by atoms with E-state index >= 15 is 0 Å². The van der Waals surface area contributed by atoms with Crippen LogP contribution < -0.4 is 0 Å². The quantitative estimate of drug-likeness (QED) is 0.192. The summed E-state index contributed by atoms with van der Waals surface area (Å²) in [4.78, 5) is 10.9. The van der Waals surface area contributed by atoms with Crippen LogP contribution in [0.15, 0.2) is 156 Å². The Kier molecular flexibility index (Phi) is 5.51. The van der Waals surface area contributed by atoms with E-state index in [9.17, 15) is 0 Å². The van der Waals surface area contributed by atoms with Gasteiger partial charge in [-0.05, 0) is 29.0 Å². The maximum absolute atomic E-state index is 6.61. The minimum atomic E-state index is 0.648. The summed E-state index contributed by atoms with van der Waals surface area (Å²) in [5, 5.41) is 8.10. The molecule has 0 bridgehead atoms. The molecule has 7 aromatic carbocycles. The predicted octanol–water partition coefficient (Wildman–Crippen LogP) is 12.3. The lowest BCUT2D eigenvalue weighted by Crippen LogP contribution is -2.03. The topological polar surface area (TPSA) is 43.9 Å². The highest BCUT2D eigenvalue weighted by atomic mass is 32.1. The number of rotatable bonds is 3. The van der Waals surface area contributed by atoms with Gasteiger partial charge >= 0.3 is 0 Å². The number of hydrogen-bond acceptors (Lipinski definition) is 4. The molecule has 49 heavy (non-hydrogen) atoms. The summed E-state index contributed by atoms with van der Waals surface area (Å²) in [6.45, 7) is 0. The molecule has 0 spiro atoms. The van der Waals surface area contributed by atoms with E-state index in [1.807, 2.05) is 12.1 Å². The highest BCUT2D eigenvalue weighted by Gasteiger charge is 2.24. The van der Waals surface area contributed by atoms with E-state index in [-0.39, 0.29) is 0 Å². The van der Waals surface area contributed by atoms with Gasteiger partial charge in [-0.25, -0.2) is 9.97 Å². The van der Waals surface area contributed by atoms with Crippen molar-refractivity contribution in [1.82, 2.24) is 14.5 Å². The SMILES string of the molecule is c1ccc(-c2nc(-n3c4ccc5ccccc5c4c4cccc(-c5cccc6c5oc5ccccc56)c43)nc3c2sc2ccccc23)cc1. The van der Waals surface area contributed by atoms with Crippen molar-refractivity contribution in [2.24, 2.45) is 0 Å². The largest absolute Gasteiger partial charge is 0.455 e. The molecule has 0 aliphatic rings. The van der Waals surface area contributed by atoms with Crippen LogP contribution in [-0.4, -0.2) is 14.5 Å². The number of fused-ring (bicyclic) bond motifs is 11. The number of hydrogen-bond donors (Lipinski definition) is 0. The van der Waals surface area contributed by atoms with Crippen molar-refractivity contribution in [2.75, 3.05) is 0 Å². The Morgan fingerprint density at radius 1 is 0.531 bits per heavy atom. The van der Waals surface area contributed by atoms with Gasteiger partial charge in [0.25, 0.3) is 0 Å². The first kappa shape index (κ1) is 26.7. The van der Waals surface area contributed by atoms with E-state index in [0.29, 0.717) is 5.95 Å². The molecule has 0 unspecified atom stereocenters. The standard InChI is InChI=1S/C44H25N3OS/c1-2-13-27(14-3-1)39-43-40(33-17-7-9-23-37(33)49-43)46-44(45-39)47-35-25-24-26-12-4-5-15-28(26)38(35)34-21-10-18-30(41(34)47)32-20-11-19-31-29-16-6-8-22-36(29)48-42(31)32/h1-25H. The van der Waals surface area contributed by atoms with Crippen LogP contribution in [0.5, 0.6) is 0 Å². The van der Waals surface area contributed by atoms with Gasteiger partial charge in [-0.3, -0.25) is 4.57 Å². The third kappa shape index (κ3) is 3.79. The minimum absolute atomic E-state index is 0.648. The second-order valence-electron chi connectivity index (χ2n) is 12.5. The van der Waals surface area contributed by atoms with E-state index in [1.54, 1.807) is 11.3 Å². The first-order valence-electron chi connectivity index (χ1n) is 16.4. The summed E-state index contributed by atoms with van der Waals surface area (Å²) >= 11 is 1.75. The van der Waals surface area contributed by atoms with Gasteiger partial charge in [-0.2, -0.15) is 0 Å². The van der Waals surface area contributed by atoms with Crippen molar-refractivity contribution in [2.45, 2.75) is 0 Å². The number of aromatic nitrogens is 3. The molecule has 0 saturated heterocycles. The van der Waals surface area contributed by atoms with E-state index < -0.39 is 0 Å². The fraction of sp³-hybridized carbons (Fsp3) is 0. The average Bonchev–Trinajstić information content (AvgIpc) is 3.84. The summed E-state index contributed by atoms with van der Waals surface area (Å²) in [6.07, 6.45) is 0. The molecule has 5 heteroatoms. The maximum Gasteiger partial charge on any atom is 0.235 e. The Labute approximate surface area is 284 Å². The Morgan fingerprint density at radius 3 is 2.14 bits per heavy atom. The Bertz CT molecular complexity index is 3110. The molecule has 0 saturated carbocycles. The molecule has 0 aliphatic carbocycles. The fourth-order valence-electron chi connectivity index (χ4n) is 7.69. The first-order chi connectivity index (χ1) is 24.3. The normalized spacial score (nSPS) is 12.1. The van der Waals surface area contributed by atoms with Crippen LogP contribution in [0, 0.1) is 0 Å². The summed E-state index contributed by atoms with van der Waals surface area (Å²) in [5.41, 5.74) is 8.97. The highest BCUT2D eigenvalue weighted by Crippen LogP contribution is 2.45. The zero-order valence-corrected chi connectivity index (χ0v) is 26.9. The van der Waals surface area contributed by atoms with Crippen LogP contribution in [0.3, 0.4) is 0 Å². The molecule has 228 valence electrons. The molecule has 11 aromatic rings. The van der Waals surface area contributed by atoms with Crippen molar-refractivity contribution in [1.29, 1.82) is 0 Å². The van der Waals surface area contributed by atoms with Crippen molar-refractivity contribution >= 4 is 86.2 Å². The zero-order valence-electron chi connectivity index (χ0n) is 26.1. The van der Waals surface area contributed by atoms with E-state index in [4.69, 9.17) is 14.4 Å². The van der Waals surface area contributed by atoms with Gasteiger partial charge in [0.15, 0.2) is 0 Å². The molecule has 4 heterocycles. The molecular formula is C44H25N3OS. The average molecular weight is 644 g/mol. The predicted molar refractivity (Wildman–Crippen MR) is 205 cm³/mol. The van der Waals surface area contributed by atoms with Gasteiger partial charge in [0.1, 0.15) is 11.2 Å². The molecule has 4 aromatic heterocycles. The van der Waals surface area contributed by atoms with Gasteiger partial charge in [0.05, 0.1) is 26.9 Å². The minimum Gasteiger partial charge on any atom is -0.455 e. The van der Waals surface area contributed by atoms with Crippen LogP contribution in [-0.2, 0) is 0 Å². The Hall–Kier alpha value is -6.30. The lowest BCUT2D eigenvalue weighted by atomic mass is 9.98. The van der Waals surface area contributed by atoms with Crippen LogP contribution >= 0.6 is 11.3 Å². The molecule has 0 fully saturated rings. The molecule has 11 rings (SSSR count). The van der Waals surface area contributed by atoms with Gasteiger partial charge in [-0.1, -0.05) is 133 Å². The fourth-order valence-corrected chi connectivity index (χ4v) is 8.84. The van der Waals surface area contributed by atoms with Crippen molar-refractivity contribution in [3.05, 3.63) is 152 Å². The van der Waals surface area contributed by atoms with Crippen molar-refractivity contribution < 1.29 is 4.42 Å². The second kappa shape index (κ2) is 10.1. The van der Waals surface area contributed by atoms with Gasteiger partial charge in [-0.15, -0.1) is 11.3 Å². The third-order valence-electron chi connectivity index (χ3n) is 9.83. The summed E-state index contributed by atoms with van der Waals surface area (Å²) in [6, 6.07) is 53.4. The summed E-state index contributed by atoms with van der Waals surface area (Å²) in [7, 11) is 0. The first-order valence-corrected chi connectivity index (χ1v) is 17.2. The number of thiophene rings is 1. The third-order valence-corrected chi connectivity index (χ3v) is 11.0. The van der Waals surface area contributed by atoms with E-state index in [0.717, 1.165) is 76.3 Å². The van der Waals surface area contributed by atoms with Crippen LogP contribution in [0.4, 0.5) is 0 Å². The van der Waals surface area contributed by atoms with Gasteiger partial charge < -0.3 is 4.42 Å². The van der Waals surface area contributed by atoms with Crippen LogP contribution in [0.25, 0.3) is 103 Å². The lowest BCUT2D eigenvalue weighted by Gasteiger charge is -2.13. The monoisotopic (exact) mass is 643 g/mol. The Morgan fingerprint density at radius 2 is 1.24 bits per heavy atom. The molecule has 0 N–H and O–H groups in total. The smallest absolute Gasteiger partial charge is 0.235 e. The molecule has 0 atom stereocenters. The van der Waals surface area contributed by atoms with Crippen molar-refractivity contribution in [3.63, 3.8) is 0 Å². The number of para-hydroxylation sites is 3. The van der Waals surface area contributed by atoms with E-state index in [2.05, 4.69) is 144 Å². The van der Waals surface area contributed by atoms with Crippen LogP contribution in [0.1, 0.15) is 0 Å². The lowest BCUT2D eigenvalue weighted by molar-refractivity contribution is 0.670. The van der Waals surface area contributed by atoms with E-state index in [1.165, 1.54) is 20.9 Å². The number of nitrogens with zero attached hydrogens (tertiary/aromatic N) is 3. The maximum atomic E-state index is 6.61. The molecule has 0 aliphatic heterocycles. The molecular weight excluding hydrogens is 619 g/mol. The second-order valence-corrected chi connectivity index (χ2v) is 13.6. The molecule has 0 radical (unpaired) electrons. The highest BCUT2D eigenvalue weighted by molar-refractivity contribution is 7.26. The number of benzene rings is 7. The summed E-state index contributed by atoms with van der Waals surface area (Å²) in [5.74, 6) is 0.648. The molecule has 0 amide bonds. The van der Waals surface area contributed by atoms with Gasteiger partial charge in [0, 0.05) is 48.3 Å². The van der Waals surface area contributed by atoms with Crippen molar-refractivity contribution in [3.8, 4) is 28.3 Å². The van der Waals surface area contributed by atoms with Crippen LogP contribution in [0.2, 0.25) is 0 Å². The van der Waals surface area contributed by atoms with Gasteiger partial charge in [0.2, 0.25) is 5.95 Å².